The van der Waals surface area contributed by atoms with Gasteiger partial charge >= 0.3 is 0 Å². The standard InChI is InChI=1S/C18H15F2N5O/c1-24(2)11-16(17(26)12-8-13(19)10-14(20)9-12)18-21-22-23-25(18)15-6-4-3-5-7-15/h3-11H,1-2H3/b16-11+. The molecular formula is C18H15F2N5O. The molecule has 2 aromatic carbocycles. The Hall–Kier alpha value is -3.42. The maximum Gasteiger partial charge on any atom is 0.198 e. The number of carbonyl (C=O) groups is 1. The lowest BCUT2D eigenvalue weighted by Gasteiger charge is -2.12. The number of para-hydroxylation sites is 1. The summed E-state index contributed by atoms with van der Waals surface area (Å²) in [5.41, 5.74) is 0.627. The van der Waals surface area contributed by atoms with E-state index in [1.807, 2.05) is 6.07 Å². The summed E-state index contributed by atoms with van der Waals surface area (Å²) in [7, 11) is 3.44. The van der Waals surface area contributed by atoms with E-state index in [9.17, 15) is 13.6 Å². The molecule has 26 heavy (non-hydrogen) atoms. The van der Waals surface area contributed by atoms with E-state index in [-0.39, 0.29) is 17.0 Å². The lowest BCUT2D eigenvalue weighted by Crippen LogP contribution is -2.14. The number of hydrogen-bond acceptors (Lipinski definition) is 5. The number of tetrazole rings is 1. The molecule has 0 aliphatic rings. The second-order valence-corrected chi connectivity index (χ2v) is 5.74. The largest absolute Gasteiger partial charge is 0.383 e. The zero-order valence-corrected chi connectivity index (χ0v) is 14.1. The predicted octanol–water partition coefficient (Wildman–Crippen LogP) is 2.73. The summed E-state index contributed by atoms with van der Waals surface area (Å²) in [4.78, 5) is 14.6. The third-order valence-electron chi connectivity index (χ3n) is 3.47. The summed E-state index contributed by atoms with van der Waals surface area (Å²) >= 11 is 0. The monoisotopic (exact) mass is 355 g/mol. The van der Waals surface area contributed by atoms with E-state index < -0.39 is 17.4 Å². The Bertz CT molecular complexity index is 946. The third-order valence-corrected chi connectivity index (χ3v) is 3.47. The van der Waals surface area contributed by atoms with Gasteiger partial charge in [-0.25, -0.2) is 8.78 Å². The maximum absolute atomic E-state index is 13.5. The van der Waals surface area contributed by atoms with Crippen molar-refractivity contribution in [2.45, 2.75) is 0 Å². The highest BCUT2D eigenvalue weighted by Crippen LogP contribution is 2.21. The Labute approximate surface area is 148 Å². The van der Waals surface area contributed by atoms with Gasteiger partial charge in [0.15, 0.2) is 11.6 Å². The van der Waals surface area contributed by atoms with Gasteiger partial charge in [-0.05, 0) is 34.7 Å². The van der Waals surface area contributed by atoms with Crippen LogP contribution < -0.4 is 0 Å². The number of rotatable bonds is 5. The summed E-state index contributed by atoms with van der Waals surface area (Å²) in [5.74, 6) is -2.09. The molecule has 0 fully saturated rings. The van der Waals surface area contributed by atoms with E-state index in [0.29, 0.717) is 11.8 Å². The Balaban J connectivity index is 2.12. The van der Waals surface area contributed by atoms with Gasteiger partial charge in [-0.2, -0.15) is 4.68 Å². The van der Waals surface area contributed by atoms with Crippen molar-refractivity contribution in [1.29, 1.82) is 0 Å². The minimum Gasteiger partial charge on any atom is -0.383 e. The van der Waals surface area contributed by atoms with Gasteiger partial charge in [0.25, 0.3) is 0 Å². The Morgan fingerprint density at radius 1 is 1.08 bits per heavy atom. The molecule has 1 aromatic heterocycles. The zero-order chi connectivity index (χ0) is 18.7. The number of halogens is 2. The summed E-state index contributed by atoms with van der Waals surface area (Å²) in [6, 6.07) is 11.7. The number of carbonyl (C=O) groups excluding carboxylic acids is 1. The van der Waals surface area contributed by atoms with Crippen LogP contribution >= 0.6 is 0 Å². The fraction of sp³-hybridized carbons (Fsp3) is 0.111. The van der Waals surface area contributed by atoms with Crippen molar-refractivity contribution in [2.24, 2.45) is 0 Å². The smallest absolute Gasteiger partial charge is 0.198 e. The van der Waals surface area contributed by atoms with Crippen LogP contribution in [0.3, 0.4) is 0 Å². The molecule has 132 valence electrons. The van der Waals surface area contributed by atoms with Crippen LogP contribution in [0.4, 0.5) is 8.78 Å². The molecule has 0 spiro atoms. The first-order chi connectivity index (χ1) is 12.5. The van der Waals surface area contributed by atoms with Gasteiger partial charge in [-0.15, -0.1) is 5.10 Å². The van der Waals surface area contributed by atoms with Gasteiger partial charge in [0.2, 0.25) is 0 Å². The number of Topliss-reactive ketones (excluding diaryl/α,β-unsaturated/α-hetero) is 1. The van der Waals surface area contributed by atoms with E-state index in [1.54, 1.807) is 43.3 Å². The molecule has 0 bridgehead atoms. The maximum atomic E-state index is 13.5. The second kappa shape index (κ2) is 7.22. The van der Waals surface area contributed by atoms with Gasteiger partial charge in [0.1, 0.15) is 11.6 Å². The first-order valence-corrected chi connectivity index (χ1v) is 7.69. The molecule has 0 N–H and O–H groups in total. The van der Waals surface area contributed by atoms with Gasteiger partial charge < -0.3 is 4.90 Å². The third kappa shape index (κ3) is 3.64. The minimum absolute atomic E-state index is 0.105. The van der Waals surface area contributed by atoms with Gasteiger partial charge in [-0.3, -0.25) is 4.79 Å². The van der Waals surface area contributed by atoms with Crippen LogP contribution in [-0.2, 0) is 0 Å². The zero-order valence-electron chi connectivity index (χ0n) is 14.1. The average molecular weight is 355 g/mol. The van der Waals surface area contributed by atoms with Crippen molar-refractivity contribution in [3.05, 3.63) is 77.8 Å². The topological polar surface area (TPSA) is 63.9 Å². The van der Waals surface area contributed by atoms with Crippen molar-refractivity contribution in [2.75, 3.05) is 14.1 Å². The number of benzene rings is 2. The highest BCUT2D eigenvalue weighted by Gasteiger charge is 2.23. The van der Waals surface area contributed by atoms with Crippen molar-refractivity contribution in [1.82, 2.24) is 25.1 Å². The molecule has 0 saturated carbocycles. The quantitative estimate of drug-likeness (QED) is 0.520. The fourth-order valence-corrected chi connectivity index (χ4v) is 2.41. The van der Waals surface area contributed by atoms with E-state index in [0.717, 1.165) is 12.1 Å². The highest BCUT2D eigenvalue weighted by molar-refractivity contribution is 6.28. The molecule has 1 heterocycles. The van der Waals surface area contributed by atoms with Crippen molar-refractivity contribution in [3.63, 3.8) is 0 Å². The average Bonchev–Trinajstić information content (AvgIpc) is 3.08. The number of hydrogen-bond donors (Lipinski definition) is 0. The van der Waals surface area contributed by atoms with Crippen molar-refractivity contribution >= 4 is 11.4 Å². The van der Waals surface area contributed by atoms with Crippen LogP contribution in [0, 0.1) is 11.6 Å². The van der Waals surface area contributed by atoms with Crippen LogP contribution in [-0.4, -0.2) is 45.0 Å². The van der Waals surface area contributed by atoms with E-state index in [2.05, 4.69) is 15.5 Å². The summed E-state index contributed by atoms with van der Waals surface area (Å²) in [6.45, 7) is 0. The molecule has 0 radical (unpaired) electrons. The Morgan fingerprint density at radius 3 is 2.35 bits per heavy atom. The Kier molecular flexibility index (Phi) is 4.83. The number of allylic oxidation sites excluding steroid dienone is 1. The summed E-state index contributed by atoms with van der Waals surface area (Å²) in [5, 5.41) is 11.5. The second-order valence-electron chi connectivity index (χ2n) is 5.74. The molecule has 6 nitrogen and oxygen atoms in total. The molecule has 0 unspecified atom stereocenters. The minimum atomic E-state index is -0.833. The van der Waals surface area contributed by atoms with Crippen LogP contribution in [0.1, 0.15) is 16.2 Å². The lowest BCUT2D eigenvalue weighted by atomic mass is 10.0. The van der Waals surface area contributed by atoms with Gasteiger partial charge in [-0.1, -0.05) is 18.2 Å². The number of nitrogens with zero attached hydrogens (tertiary/aromatic N) is 5. The molecular weight excluding hydrogens is 340 g/mol. The van der Waals surface area contributed by atoms with E-state index in [1.165, 1.54) is 10.9 Å². The highest BCUT2D eigenvalue weighted by atomic mass is 19.1. The molecule has 0 aliphatic carbocycles. The first kappa shape index (κ1) is 17.4. The Morgan fingerprint density at radius 2 is 1.73 bits per heavy atom. The molecule has 0 atom stereocenters. The predicted molar refractivity (Wildman–Crippen MR) is 91.5 cm³/mol. The van der Waals surface area contributed by atoms with E-state index in [4.69, 9.17) is 0 Å². The van der Waals surface area contributed by atoms with Gasteiger partial charge in [0, 0.05) is 31.9 Å². The van der Waals surface area contributed by atoms with Crippen LogP contribution in [0.15, 0.2) is 54.7 Å². The van der Waals surface area contributed by atoms with E-state index >= 15 is 0 Å². The summed E-state index contributed by atoms with van der Waals surface area (Å²) < 4.78 is 28.5. The lowest BCUT2D eigenvalue weighted by molar-refractivity contribution is 0.105. The van der Waals surface area contributed by atoms with Crippen molar-refractivity contribution in [3.8, 4) is 5.69 Å². The molecule has 3 rings (SSSR count). The van der Waals surface area contributed by atoms with Crippen LogP contribution in [0.5, 0.6) is 0 Å². The number of ketones is 1. The summed E-state index contributed by atoms with van der Waals surface area (Å²) in [6.07, 6.45) is 1.51. The molecule has 0 amide bonds. The SMILES string of the molecule is CN(C)/C=C(\C(=O)c1cc(F)cc(F)c1)c1nnnn1-c1ccccc1. The first-order valence-electron chi connectivity index (χ1n) is 7.69. The fourth-order valence-electron chi connectivity index (χ4n) is 2.41. The molecule has 0 aliphatic heterocycles. The molecule has 3 aromatic rings. The molecule has 0 saturated heterocycles. The van der Waals surface area contributed by atoms with Gasteiger partial charge in [0.05, 0.1) is 11.3 Å². The van der Waals surface area contributed by atoms with Crippen LogP contribution in [0.25, 0.3) is 11.3 Å². The van der Waals surface area contributed by atoms with Crippen molar-refractivity contribution < 1.29 is 13.6 Å². The van der Waals surface area contributed by atoms with Crippen LogP contribution in [0.2, 0.25) is 0 Å². The normalized spacial score (nSPS) is 11.5. The number of aromatic nitrogens is 4. The molecule has 8 heteroatoms.